The van der Waals surface area contributed by atoms with E-state index < -0.39 is 0 Å². The van der Waals surface area contributed by atoms with Gasteiger partial charge in [0.1, 0.15) is 5.82 Å². The molecule has 0 unspecified atom stereocenters. The van der Waals surface area contributed by atoms with Crippen LogP contribution in [0.5, 0.6) is 0 Å². The van der Waals surface area contributed by atoms with Gasteiger partial charge in [0.05, 0.1) is 0 Å². The Hall–Kier alpha value is -1.00. The summed E-state index contributed by atoms with van der Waals surface area (Å²) in [6.45, 7) is 2.71. The minimum Gasteiger partial charge on any atom is -0.333 e. The third-order valence-corrected chi connectivity index (χ3v) is 1.22. The molecule has 12 heavy (non-hydrogen) atoms. The topological polar surface area (TPSA) is 63.8 Å². The second-order valence-corrected chi connectivity index (χ2v) is 2.17. The van der Waals surface area contributed by atoms with Crippen LogP contribution in [0, 0.1) is 6.92 Å². The highest BCUT2D eigenvalue weighted by molar-refractivity contribution is 5.03. The van der Waals surface area contributed by atoms with Gasteiger partial charge in [0.25, 0.3) is 0 Å². The number of aromatic nitrogens is 2. The summed E-state index contributed by atoms with van der Waals surface area (Å²) in [6, 6.07) is 0. The molecule has 0 spiro atoms. The van der Waals surface area contributed by atoms with Crippen LogP contribution in [0.25, 0.3) is 0 Å². The summed E-state index contributed by atoms with van der Waals surface area (Å²) in [7, 11) is 3.40. The molecule has 4 nitrogen and oxygen atoms in total. The predicted octanol–water partition coefficient (Wildman–Crippen LogP) is 0.0793. The maximum Gasteiger partial charge on any atom is 0.125 e. The van der Waals surface area contributed by atoms with Crippen LogP contribution in [0.3, 0.4) is 0 Å². The lowest BCUT2D eigenvalue weighted by Gasteiger charge is -1.97. The number of aryl methyl sites for hydroxylation is 1. The molecule has 4 heteroatoms. The van der Waals surface area contributed by atoms with Crippen molar-refractivity contribution in [3.8, 4) is 0 Å². The van der Waals surface area contributed by atoms with Gasteiger partial charge in [-0.2, -0.15) is 0 Å². The van der Waals surface area contributed by atoms with Gasteiger partial charge in [-0.3, -0.25) is 0 Å². The Balaban J connectivity index is 0.000000561. The Morgan fingerprint density at radius 2 is 1.83 bits per heavy atom. The van der Waals surface area contributed by atoms with Crippen molar-refractivity contribution in [2.24, 2.45) is 5.73 Å². The van der Waals surface area contributed by atoms with Crippen molar-refractivity contribution in [1.82, 2.24) is 15.3 Å². The van der Waals surface area contributed by atoms with Crippen LogP contribution >= 0.6 is 0 Å². The molecule has 0 atom stereocenters. The molecule has 68 valence electrons. The van der Waals surface area contributed by atoms with E-state index >= 15 is 0 Å². The SMILES string of the molecule is CN.CNCc1cnc(C)nc1. The van der Waals surface area contributed by atoms with Crippen LogP contribution in [0.2, 0.25) is 0 Å². The summed E-state index contributed by atoms with van der Waals surface area (Å²) < 4.78 is 0. The summed E-state index contributed by atoms with van der Waals surface area (Å²) in [5.41, 5.74) is 5.62. The van der Waals surface area contributed by atoms with E-state index in [0.29, 0.717) is 0 Å². The summed E-state index contributed by atoms with van der Waals surface area (Å²) in [5.74, 6) is 0.819. The van der Waals surface area contributed by atoms with Crippen molar-refractivity contribution in [2.45, 2.75) is 13.5 Å². The van der Waals surface area contributed by atoms with Crippen LogP contribution in [0.4, 0.5) is 0 Å². The first kappa shape index (κ1) is 11.0. The zero-order valence-electron chi connectivity index (χ0n) is 7.83. The molecule has 1 heterocycles. The van der Waals surface area contributed by atoms with E-state index in [0.717, 1.165) is 17.9 Å². The second-order valence-electron chi connectivity index (χ2n) is 2.17. The highest BCUT2D eigenvalue weighted by Crippen LogP contribution is 1.92. The number of nitrogens with two attached hydrogens (primary N) is 1. The molecule has 0 aliphatic heterocycles. The third kappa shape index (κ3) is 4.00. The van der Waals surface area contributed by atoms with Crippen molar-refractivity contribution in [2.75, 3.05) is 14.1 Å². The van der Waals surface area contributed by atoms with Gasteiger partial charge >= 0.3 is 0 Å². The van der Waals surface area contributed by atoms with Crippen LogP contribution in [0.1, 0.15) is 11.4 Å². The Bertz CT molecular complexity index is 195. The Morgan fingerprint density at radius 1 is 1.33 bits per heavy atom. The van der Waals surface area contributed by atoms with Crippen LogP contribution in [-0.2, 0) is 6.54 Å². The van der Waals surface area contributed by atoms with Crippen molar-refractivity contribution in [1.29, 1.82) is 0 Å². The molecule has 3 N–H and O–H groups in total. The molecule has 0 aromatic carbocycles. The van der Waals surface area contributed by atoms with E-state index in [1.54, 1.807) is 0 Å². The van der Waals surface area contributed by atoms with Gasteiger partial charge in [-0.15, -0.1) is 0 Å². The Morgan fingerprint density at radius 3 is 2.25 bits per heavy atom. The standard InChI is InChI=1S/C7H11N3.CH5N/c1-6-9-4-7(3-8-2)5-10-6;1-2/h4-5,8H,3H2,1-2H3;2H2,1H3. The predicted molar refractivity (Wildman–Crippen MR) is 49.6 cm³/mol. The molecule has 0 amide bonds. The van der Waals surface area contributed by atoms with Gasteiger partial charge in [-0.05, 0) is 21.0 Å². The van der Waals surface area contributed by atoms with Crippen molar-refractivity contribution < 1.29 is 0 Å². The molecule has 0 saturated heterocycles. The van der Waals surface area contributed by atoms with Crippen molar-refractivity contribution in [3.63, 3.8) is 0 Å². The van der Waals surface area contributed by atoms with E-state index in [2.05, 4.69) is 21.0 Å². The van der Waals surface area contributed by atoms with E-state index in [-0.39, 0.29) is 0 Å². The molecular formula is C8H16N4. The van der Waals surface area contributed by atoms with Gasteiger partial charge in [-0.1, -0.05) is 0 Å². The van der Waals surface area contributed by atoms with Crippen molar-refractivity contribution in [3.05, 3.63) is 23.8 Å². The fourth-order valence-corrected chi connectivity index (χ4v) is 0.715. The maximum atomic E-state index is 4.50. The lowest BCUT2D eigenvalue weighted by atomic mass is 10.3. The first-order valence-electron chi connectivity index (χ1n) is 3.83. The minimum atomic E-state index is 0.819. The fourth-order valence-electron chi connectivity index (χ4n) is 0.715. The van der Waals surface area contributed by atoms with Crippen molar-refractivity contribution >= 4 is 0 Å². The molecule has 0 radical (unpaired) electrons. The zero-order valence-corrected chi connectivity index (χ0v) is 7.83. The summed E-state index contributed by atoms with van der Waals surface area (Å²) in [4.78, 5) is 8.09. The average Bonchev–Trinajstić information content (AvgIpc) is 2.13. The number of hydrogen-bond donors (Lipinski definition) is 2. The van der Waals surface area contributed by atoms with E-state index in [4.69, 9.17) is 0 Å². The summed E-state index contributed by atoms with van der Waals surface area (Å²) in [5, 5.41) is 3.02. The number of rotatable bonds is 2. The van der Waals surface area contributed by atoms with Gasteiger partial charge in [0, 0.05) is 24.5 Å². The third-order valence-electron chi connectivity index (χ3n) is 1.22. The molecule has 0 saturated carbocycles. The highest BCUT2D eigenvalue weighted by atomic mass is 14.9. The normalized spacial score (nSPS) is 8.67. The van der Waals surface area contributed by atoms with Gasteiger partial charge < -0.3 is 11.1 Å². The summed E-state index contributed by atoms with van der Waals surface area (Å²) >= 11 is 0. The second kappa shape index (κ2) is 6.69. The van der Waals surface area contributed by atoms with Gasteiger partial charge in [-0.25, -0.2) is 9.97 Å². The first-order valence-corrected chi connectivity index (χ1v) is 3.83. The lowest BCUT2D eigenvalue weighted by Crippen LogP contribution is -2.05. The van der Waals surface area contributed by atoms with Gasteiger partial charge in [0.15, 0.2) is 0 Å². The average molecular weight is 168 g/mol. The zero-order chi connectivity index (χ0) is 9.40. The Kier molecular flexibility index (Phi) is 6.14. The minimum absolute atomic E-state index is 0.819. The molecule has 0 aliphatic carbocycles. The van der Waals surface area contributed by atoms with Gasteiger partial charge in [0.2, 0.25) is 0 Å². The first-order chi connectivity index (χ1) is 5.83. The lowest BCUT2D eigenvalue weighted by molar-refractivity contribution is 0.802. The van der Waals surface area contributed by atoms with E-state index in [1.165, 1.54) is 7.05 Å². The molecular weight excluding hydrogens is 152 g/mol. The number of nitrogens with zero attached hydrogens (tertiary/aromatic N) is 2. The molecule has 1 aromatic rings. The molecule has 1 rings (SSSR count). The molecule has 0 aliphatic rings. The Labute approximate surface area is 73.2 Å². The van der Waals surface area contributed by atoms with E-state index in [9.17, 15) is 0 Å². The quantitative estimate of drug-likeness (QED) is 0.656. The number of hydrogen-bond acceptors (Lipinski definition) is 4. The van der Waals surface area contributed by atoms with Crippen LogP contribution in [0.15, 0.2) is 12.4 Å². The monoisotopic (exact) mass is 168 g/mol. The largest absolute Gasteiger partial charge is 0.333 e. The summed E-state index contributed by atoms with van der Waals surface area (Å²) in [6.07, 6.45) is 3.66. The van der Waals surface area contributed by atoms with Crippen LogP contribution in [-0.4, -0.2) is 24.1 Å². The van der Waals surface area contributed by atoms with E-state index in [1.807, 2.05) is 26.4 Å². The van der Waals surface area contributed by atoms with Crippen LogP contribution < -0.4 is 11.1 Å². The maximum absolute atomic E-state index is 4.50. The number of nitrogens with one attached hydrogen (secondary N) is 1. The molecule has 1 aromatic heterocycles. The molecule has 0 bridgehead atoms. The highest BCUT2D eigenvalue weighted by Gasteiger charge is 1.89. The molecule has 0 fully saturated rings. The smallest absolute Gasteiger partial charge is 0.125 e. The fraction of sp³-hybridized carbons (Fsp3) is 0.500.